The Hall–Kier alpha value is -1.69. The van der Waals surface area contributed by atoms with Crippen LogP contribution in [0.1, 0.15) is 33.9 Å². The number of hydrogen-bond donors (Lipinski definition) is 0. The van der Waals surface area contributed by atoms with E-state index in [4.69, 9.17) is 4.74 Å². The van der Waals surface area contributed by atoms with Crippen LogP contribution in [0, 0.1) is 6.92 Å². The third-order valence-electron chi connectivity index (χ3n) is 2.67. The van der Waals surface area contributed by atoms with Gasteiger partial charge in [0.25, 0.3) is 0 Å². The minimum atomic E-state index is -0.374. The zero-order chi connectivity index (χ0) is 13.1. The minimum Gasteiger partial charge on any atom is -0.464 e. The lowest BCUT2D eigenvalue weighted by atomic mass is 10.4. The molecule has 0 radical (unpaired) electrons. The van der Waals surface area contributed by atoms with Crippen molar-refractivity contribution in [3.63, 3.8) is 0 Å². The number of ether oxygens (including phenoxy) is 1. The van der Waals surface area contributed by atoms with Gasteiger partial charge in [-0.05, 0) is 13.3 Å². The van der Waals surface area contributed by atoms with Gasteiger partial charge in [-0.15, -0.1) is 11.3 Å². The smallest absolute Gasteiger partial charge is 0.356 e. The Morgan fingerprint density at radius 3 is 2.94 bits per heavy atom. The average Bonchev–Trinajstić information content (AvgIpc) is 2.97. The number of imidazole rings is 1. The second-order valence-electron chi connectivity index (χ2n) is 3.85. The molecule has 18 heavy (non-hydrogen) atoms. The molecule has 96 valence electrons. The Morgan fingerprint density at radius 1 is 1.56 bits per heavy atom. The molecule has 0 bridgehead atoms. The van der Waals surface area contributed by atoms with Crippen LogP contribution in [-0.2, 0) is 17.7 Å². The molecule has 0 saturated carbocycles. The lowest BCUT2D eigenvalue weighted by Crippen LogP contribution is -2.12. The van der Waals surface area contributed by atoms with E-state index in [2.05, 4.69) is 16.9 Å². The van der Waals surface area contributed by atoms with Crippen molar-refractivity contribution in [1.29, 1.82) is 0 Å². The standard InChI is InChI=1S/C12H15N3O2S/c1-4-11-14-9(7-18-11)6-15-8(2)13-5-10(15)12(16)17-3/h5,7H,4,6H2,1-3H3. The SMILES string of the molecule is CCc1nc(Cn2c(C(=O)OC)cnc2C)cs1. The monoisotopic (exact) mass is 265 g/mol. The molecule has 2 rings (SSSR count). The summed E-state index contributed by atoms with van der Waals surface area (Å²) in [6.45, 7) is 4.48. The predicted molar refractivity (Wildman–Crippen MR) is 68.9 cm³/mol. The zero-order valence-electron chi connectivity index (χ0n) is 10.6. The van der Waals surface area contributed by atoms with Crippen molar-refractivity contribution in [2.75, 3.05) is 7.11 Å². The van der Waals surface area contributed by atoms with Gasteiger partial charge in [-0.3, -0.25) is 0 Å². The van der Waals surface area contributed by atoms with E-state index in [9.17, 15) is 4.79 Å². The molecule has 0 fully saturated rings. The number of hydrogen-bond acceptors (Lipinski definition) is 5. The fourth-order valence-corrected chi connectivity index (χ4v) is 2.42. The first-order chi connectivity index (χ1) is 8.65. The van der Waals surface area contributed by atoms with Crippen molar-refractivity contribution >= 4 is 17.3 Å². The van der Waals surface area contributed by atoms with Crippen LogP contribution in [0.2, 0.25) is 0 Å². The first-order valence-electron chi connectivity index (χ1n) is 5.69. The van der Waals surface area contributed by atoms with Gasteiger partial charge in [-0.1, -0.05) is 6.92 Å². The topological polar surface area (TPSA) is 57.0 Å². The van der Waals surface area contributed by atoms with E-state index in [0.29, 0.717) is 12.2 Å². The number of thiazole rings is 1. The molecule has 2 heterocycles. The number of nitrogens with zero attached hydrogens (tertiary/aromatic N) is 3. The summed E-state index contributed by atoms with van der Waals surface area (Å²) in [4.78, 5) is 20.2. The highest BCUT2D eigenvalue weighted by Gasteiger charge is 2.15. The Balaban J connectivity index is 2.27. The van der Waals surface area contributed by atoms with Gasteiger partial charge in [0.05, 0.1) is 30.6 Å². The summed E-state index contributed by atoms with van der Waals surface area (Å²) in [5.74, 6) is 0.406. The molecule has 0 spiro atoms. The summed E-state index contributed by atoms with van der Waals surface area (Å²) < 4.78 is 6.56. The summed E-state index contributed by atoms with van der Waals surface area (Å²) in [5.41, 5.74) is 1.41. The van der Waals surface area contributed by atoms with Crippen molar-refractivity contribution in [2.24, 2.45) is 0 Å². The molecule has 2 aromatic heterocycles. The highest BCUT2D eigenvalue weighted by atomic mass is 32.1. The van der Waals surface area contributed by atoms with E-state index in [1.807, 2.05) is 16.9 Å². The first kappa shape index (κ1) is 12.8. The van der Waals surface area contributed by atoms with E-state index in [-0.39, 0.29) is 5.97 Å². The summed E-state index contributed by atoms with van der Waals surface area (Å²) in [5, 5.41) is 3.11. The Morgan fingerprint density at radius 2 is 2.33 bits per heavy atom. The molecule has 0 aromatic carbocycles. The molecule has 0 aliphatic rings. The Kier molecular flexibility index (Phi) is 3.76. The van der Waals surface area contributed by atoms with Gasteiger partial charge in [0, 0.05) is 5.38 Å². The maximum absolute atomic E-state index is 11.6. The van der Waals surface area contributed by atoms with Crippen molar-refractivity contribution in [1.82, 2.24) is 14.5 Å². The molecule has 0 aliphatic heterocycles. The maximum atomic E-state index is 11.6. The summed E-state index contributed by atoms with van der Waals surface area (Å²) in [6, 6.07) is 0. The lowest BCUT2D eigenvalue weighted by Gasteiger charge is -2.06. The molecule has 0 aliphatic carbocycles. The molecule has 0 saturated heterocycles. The number of esters is 1. The lowest BCUT2D eigenvalue weighted by molar-refractivity contribution is 0.0588. The molecule has 0 unspecified atom stereocenters. The van der Waals surface area contributed by atoms with Crippen LogP contribution in [-0.4, -0.2) is 27.6 Å². The van der Waals surface area contributed by atoms with Crippen LogP contribution in [0.15, 0.2) is 11.6 Å². The number of carbonyl (C=O) groups is 1. The van der Waals surface area contributed by atoms with Crippen LogP contribution in [0.25, 0.3) is 0 Å². The normalized spacial score (nSPS) is 10.6. The quantitative estimate of drug-likeness (QED) is 0.794. The fourth-order valence-electron chi connectivity index (χ4n) is 1.68. The number of aryl methyl sites for hydroxylation is 2. The molecule has 0 atom stereocenters. The summed E-state index contributed by atoms with van der Waals surface area (Å²) in [6.07, 6.45) is 2.46. The molecule has 0 amide bonds. The van der Waals surface area contributed by atoms with Gasteiger partial charge >= 0.3 is 5.97 Å². The molecular weight excluding hydrogens is 250 g/mol. The second kappa shape index (κ2) is 5.30. The largest absolute Gasteiger partial charge is 0.464 e. The molecule has 0 N–H and O–H groups in total. The molecule has 5 nitrogen and oxygen atoms in total. The zero-order valence-corrected chi connectivity index (χ0v) is 11.5. The van der Waals surface area contributed by atoms with Crippen LogP contribution < -0.4 is 0 Å². The maximum Gasteiger partial charge on any atom is 0.356 e. The van der Waals surface area contributed by atoms with E-state index < -0.39 is 0 Å². The van der Waals surface area contributed by atoms with Gasteiger partial charge < -0.3 is 9.30 Å². The number of methoxy groups -OCH3 is 1. The van der Waals surface area contributed by atoms with Crippen molar-refractivity contribution in [2.45, 2.75) is 26.8 Å². The Labute approximate surface area is 109 Å². The van der Waals surface area contributed by atoms with Crippen LogP contribution in [0.3, 0.4) is 0 Å². The molecule has 6 heteroatoms. The highest BCUT2D eigenvalue weighted by Crippen LogP contribution is 2.14. The van der Waals surface area contributed by atoms with Gasteiger partial charge in [0.1, 0.15) is 11.5 Å². The fraction of sp³-hybridized carbons (Fsp3) is 0.417. The number of aromatic nitrogens is 3. The highest BCUT2D eigenvalue weighted by molar-refractivity contribution is 7.09. The molecule has 2 aromatic rings. The summed E-state index contributed by atoms with van der Waals surface area (Å²) >= 11 is 1.64. The third-order valence-corrected chi connectivity index (χ3v) is 3.71. The minimum absolute atomic E-state index is 0.374. The van der Waals surface area contributed by atoms with Crippen molar-refractivity contribution in [3.05, 3.63) is 33.8 Å². The van der Waals surface area contributed by atoms with Gasteiger partial charge in [-0.2, -0.15) is 0 Å². The van der Waals surface area contributed by atoms with Crippen LogP contribution in [0.5, 0.6) is 0 Å². The third kappa shape index (κ3) is 2.43. The number of rotatable bonds is 4. The van der Waals surface area contributed by atoms with Gasteiger partial charge in [-0.25, -0.2) is 14.8 Å². The Bertz CT molecular complexity index is 559. The molecular formula is C12H15N3O2S. The average molecular weight is 265 g/mol. The van der Waals surface area contributed by atoms with E-state index in [0.717, 1.165) is 22.9 Å². The van der Waals surface area contributed by atoms with Crippen LogP contribution in [0.4, 0.5) is 0 Å². The second-order valence-corrected chi connectivity index (χ2v) is 4.80. The van der Waals surface area contributed by atoms with Crippen molar-refractivity contribution in [3.8, 4) is 0 Å². The van der Waals surface area contributed by atoms with Gasteiger partial charge in [0.15, 0.2) is 0 Å². The van der Waals surface area contributed by atoms with Crippen LogP contribution >= 0.6 is 11.3 Å². The van der Waals surface area contributed by atoms with Gasteiger partial charge in [0.2, 0.25) is 0 Å². The van der Waals surface area contributed by atoms with E-state index in [1.165, 1.54) is 13.3 Å². The van der Waals surface area contributed by atoms with E-state index >= 15 is 0 Å². The van der Waals surface area contributed by atoms with Crippen molar-refractivity contribution < 1.29 is 9.53 Å². The number of carbonyl (C=O) groups excluding carboxylic acids is 1. The van der Waals surface area contributed by atoms with E-state index in [1.54, 1.807) is 11.3 Å². The summed E-state index contributed by atoms with van der Waals surface area (Å²) in [7, 11) is 1.37. The predicted octanol–water partition coefficient (Wildman–Crippen LogP) is 2.05. The first-order valence-corrected chi connectivity index (χ1v) is 6.57.